The number of ether oxygens (including phenoxy) is 2. The van der Waals surface area contributed by atoms with E-state index in [2.05, 4.69) is 4.98 Å². The van der Waals surface area contributed by atoms with Crippen LogP contribution in [0, 0.1) is 5.82 Å². The van der Waals surface area contributed by atoms with Crippen LogP contribution in [0.4, 0.5) is 4.39 Å². The Bertz CT molecular complexity index is 2010. The minimum Gasteiger partial charge on any atom is -0.478 e. The largest absolute Gasteiger partial charge is 0.478 e. The molecule has 0 radical (unpaired) electrons. The number of benzene rings is 3. The SMILES string of the molecule is O=C(O)c1ccc2nc(Cc3ccc(-c4cccc(OCc5ccc(Cl)c6ccoc56)n4)cc3F)n(C[C@@H]3CCCO3)c2c1. The molecule has 44 heavy (non-hydrogen) atoms. The molecule has 8 nitrogen and oxygen atoms in total. The molecule has 0 spiro atoms. The first-order valence-corrected chi connectivity index (χ1v) is 14.7. The maximum absolute atomic E-state index is 15.6. The van der Waals surface area contributed by atoms with Crippen LogP contribution >= 0.6 is 11.6 Å². The second-order valence-corrected chi connectivity index (χ2v) is 11.2. The molecule has 4 heterocycles. The van der Waals surface area contributed by atoms with E-state index < -0.39 is 5.97 Å². The number of carbonyl (C=O) groups is 1. The predicted octanol–water partition coefficient (Wildman–Crippen LogP) is 7.68. The first kappa shape index (κ1) is 28.1. The maximum Gasteiger partial charge on any atom is 0.335 e. The van der Waals surface area contributed by atoms with Crippen molar-refractivity contribution in [3.05, 3.63) is 112 Å². The van der Waals surface area contributed by atoms with E-state index in [0.29, 0.717) is 63.3 Å². The van der Waals surface area contributed by atoms with Crippen LogP contribution in [0.1, 0.15) is 40.2 Å². The van der Waals surface area contributed by atoms with Gasteiger partial charge in [0, 0.05) is 35.6 Å². The molecular formula is C34H27ClFN3O5. The normalized spacial score (nSPS) is 14.9. The quantitative estimate of drug-likeness (QED) is 0.179. The standard InChI is InChI=1S/C34H27ClFN3O5/c35-26-10-8-23(33-25(26)12-14-43-33)19-44-32-5-1-4-28(38-32)21-7-6-20(27(36)15-21)17-31-37-29-11-9-22(34(40)41)16-30(29)39(31)18-24-3-2-13-42-24/h1,4-12,14-16,24H,2-3,13,17-19H2,(H,40,41)/t24-/m0/s1. The first-order chi connectivity index (χ1) is 21.4. The van der Waals surface area contributed by atoms with Gasteiger partial charge in [-0.15, -0.1) is 0 Å². The summed E-state index contributed by atoms with van der Waals surface area (Å²) in [7, 11) is 0. The molecule has 0 bridgehead atoms. The van der Waals surface area contributed by atoms with Crippen LogP contribution in [0.2, 0.25) is 5.02 Å². The zero-order valence-corrected chi connectivity index (χ0v) is 24.3. The number of nitrogens with zero attached hydrogens (tertiary/aromatic N) is 3. The van der Waals surface area contributed by atoms with Crippen molar-refractivity contribution in [2.45, 2.75) is 38.5 Å². The van der Waals surface area contributed by atoms with Crippen LogP contribution in [0.15, 0.2) is 83.5 Å². The van der Waals surface area contributed by atoms with Crippen molar-refractivity contribution in [3.8, 4) is 17.1 Å². The number of carboxylic acids is 1. The van der Waals surface area contributed by atoms with Crippen molar-refractivity contribution in [2.75, 3.05) is 6.61 Å². The average Bonchev–Trinajstić information content (AvgIpc) is 3.80. The van der Waals surface area contributed by atoms with Gasteiger partial charge < -0.3 is 23.6 Å². The number of aromatic carboxylic acids is 1. The van der Waals surface area contributed by atoms with Crippen molar-refractivity contribution in [2.24, 2.45) is 0 Å². The van der Waals surface area contributed by atoms with Crippen molar-refractivity contribution >= 4 is 39.6 Å². The fraction of sp³-hybridized carbons (Fsp3) is 0.206. The van der Waals surface area contributed by atoms with Gasteiger partial charge in [0.1, 0.15) is 23.8 Å². The van der Waals surface area contributed by atoms with Gasteiger partial charge in [-0.3, -0.25) is 0 Å². The van der Waals surface area contributed by atoms with Gasteiger partial charge in [0.15, 0.2) is 0 Å². The van der Waals surface area contributed by atoms with Crippen molar-refractivity contribution < 1.29 is 28.2 Å². The maximum atomic E-state index is 15.6. The Labute approximate surface area is 256 Å². The summed E-state index contributed by atoms with van der Waals surface area (Å²) in [6.45, 7) is 1.44. The Hall–Kier alpha value is -4.73. The smallest absolute Gasteiger partial charge is 0.335 e. The van der Waals surface area contributed by atoms with Crippen LogP contribution in [0.3, 0.4) is 0 Å². The van der Waals surface area contributed by atoms with Crippen LogP contribution in [0.25, 0.3) is 33.3 Å². The zero-order chi connectivity index (χ0) is 30.2. The predicted molar refractivity (Wildman–Crippen MR) is 164 cm³/mol. The second kappa shape index (κ2) is 11.7. The summed E-state index contributed by atoms with van der Waals surface area (Å²) in [6, 6.07) is 20.7. The lowest BCUT2D eigenvalue weighted by Gasteiger charge is -2.15. The summed E-state index contributed by atoms with van der Waals surface area (Å²) >= 11 is 6.25. The highest BCUT2D eigenvalue weighted by molar-refractivity contribution is 6.35. The molecule has 1 N–H and O–H groups in total. The van der Waals surface area contributed by atoms with E-state index in [1.54, 1.807) is 42.7 Å². The molecule has 6 aromatic rings. The summed E-state index contributed by atoms with van der Waals surface area (Å²) in [5.74, 6) is -0.363. The molecular weight excluding hydrogens is 585 g/mol. The summed E-state index contributed by atoms with van der Waals surface area (Å²) in [5, 5.41) is 11.0. The molecule has 3 aromatic carbocycles. The van der Waals surface area contributed by atoms with E-state index in [1.807, 2.05) is 28.8 Å². The van der Waals surface area contributed by atoms with E-state index in [1.165, 1.54) is 12.1 Å². The summed E-state index contributed by atoms with van der Waals surface area (Å²) in [4.78, 5) is 21.0. The van der Waals surface area contributed by atoms with Crippen LogP contribution in [-0.4, -0.2) is 38.3 Å². The Balaban J connectivity index is 1.13. The number of imidazole rings is 1. The van der Waals surface area contributed by atoms with E-state index in [-0.39, 0.29) is 30.5 Å². The molecule has 0 amide bonds. The lowest BCUT2D eigenvalue weighted by molar-refractivity contribution is 0.0697. The molecule has 1 atom stereocenters. The Morgan fingerprint density at radius 3 is 2.77 bits per heavy atom. The summed E-state index contributed by atoms with van der Waals surface area (Å²) in [5.41, 5.74) is 4.67. The van der Waals surface area contributed by atoms with Gasteiger partial charge in [0.2, 0.25) is 5.88 Å². The molecule has 222 valence electrons. The number of fused-ring (bicyclic) bond motifs is 2. The van der Waals surface area contributed by atoms with Crippen molar-refractivity contribution in [1.82, 2.24) is 14.5 Å². The Kier molecular flexibility index (Phi) is 7.49. The van der Waals surface area contributed by atoms with Gasteiger partial charge in [-0.25, -0.2) is 19.2 Å². The molecule has 1 aliphatic heterocycles. The third-order valence-electron chi connectivity index (χ3n) is 7.93. The number of halogens is 2. The molecule has 3 aromatic heterocycles. The molecule has 1 aliphatic rings. The highest BCUT2D eigenvalue weighted by atomic mass is 35.5. The van der Waals surface area contributed by atoms with Gasteiger partial charge >= 0.3 is 5.97 Å². The summed E-state index contributed by atoms with van der Waals surface area (Å²) < 4.78 is 34.9. The zero-order valence-electron chi connectivity index (χ0n) is 23.5. The Morgan fingerprint density at radius 2 is 1.95 bits per heavy atom. The Morgan fingerprint density at radius 1 is 1.07 bits per heavy atom. The van der Waals surface area contributed by atoms with Gasteiger partial charge in [0.05, 0.1) is 46.2 Å². The third kappa shape index (κ3) is 5.52. The number of rotatable bonds is 9. The van der Waals surface area contributed by atoms with E-state index >= 15 is 4.39 Å². The molecule has 0 saturated carbocycles. The van der Waals surface area contributed by atoms with E-state index in [9.17, 15) is 9.90 Å². The van der Waals surface area contributed by atoms with Crippen molar-refractivity contribution in [3.63, 3.8) is 0 Å². The van der Waals surface area contributed by atoms with Crippen LogP contribution < -0.4 is 4.74 Å². The number of furan rings is 1. The number of pyridine rings is 1. The number of aromatic nitrogens is 3. The minimum absolute atomic E-state index is 0.00257. The van der Waals surface area contributed by atoms with E-state index in [4.69, 9.17) is 30.5 Å². The molecule has 7 rings (SSSR count). The minimum atomic E-state index is -1.01. The number of hydrogen-bond donors (Lipinski definition) is 1. The van der Waals surface area contributed by atoms with Crippen LogP contribution in [0.5, 0.6) is 5.88 Å². The van der Waals surface area contributed by atoms with Crippen molar-refractivity contribution in [1.29, 1.82) is 0 Å². The molecule has 1 fully saturated rings. The van der Waals surface area contributed by atoms with Gasteiger partial charge in [-0.2, -0.15) is 0 Å². The highest BCUT2D eigenvalue weighted by Gasteiger charge is 2.22. The van der Waals surface area contributed by atoms with Crippen LogP contribution in [-0.2, 0) is 24.3 Å². The monoisotopic (exact) mass is 611 g/mol. The molecule has 0 unspecified atom stereocenters. The second-order valence-electron chi connectivity index (χ2n) is 10.8. The highest BCUT2D eigenvalue weighted by Crippen LogP contribution is 2.30. The number of carboxylic acid groups (broad SMARTS) is 1. The van der Waals surface area contributed by atoms with Gasteiger partial charge in [0.25, 0.3) is 0 Å². The fourth-order valence-electron chi connectivity index (χ4n) is 5.66. The lowest BCUT2D eigenvalue weighted by Crippen LogP contribution is -2.17. The first-order valence-electron chi connectivity index (χ1n) is 14.3. The molecule has 0 aliphatic carbocycles. The van der Waals surface area contributed by atoms with Gasteiger partial charge in [-0.05, 0) is 60.9 Å². The lowest BCUT2D eigenvalue weighted by atomic mass is 10.1. The molecule has 1 saturated heterocycles. The van der Waals surface area contributed by atoms with Gasteiger partial charge in [-0.1, -0.05) is 35.9 Å². The fourth-order valence-corrected chi connectivity index (χ4v) is 5.88. The molecule has 10 heteroatoms. The summed E-state index contributed by atoms with van der Waals surface area (Å²) in [6.07, 6.45) is 3.69. The average molecular weight is 612 g/mol. The number of hydrogen-bond acceptors (Lipinski definition) is 6. The third-order valence-corrected chi connectivity index (χ3v) is 8.26. The van der Waals surface area contributed by atoms with E-state index in [0.717, 1.165) is 23.8 Å². The topological polar surface area (TPSA) is 99.6 Å².